The van der Waals surface area contributed by atoms with Gasteiger partial charge >= 0.3 is 5.97 Å². The fourth-order valence-corrected chi connectivity index (χ4v) is 2.34. The van der Waals surface area contributed by atoms with Crippen LogP contribution >= 0.6 is 34.5 Å². The molecule has 0 radical (unpaired) electrons. The van der Waals surface area contributed by atoms with Crippen molar-refractivity contribution in [2.45, 2.75) is 0 Å². The van der Waals surface area contributed by atoms with Crippen LogP contribution in [0.3, 0.4) is 0 Å². The average molecular weight is 264 g/mol. The molecule has 2 rings (SSSR count). The van der Waals surface area contributed by atoms with Crippen LogP contribution < -0.4 is 0 Å². The topological polar surface area (TPSA) is 63.3 Å². The van der Waals surface area contributed by atoms with E-state index in [1.165, 1.54) is 11.3 Å². The maximum absolute atomic E-state index is 10.6. The molecule has 0 saturated heterocycles. The zero-order chi connectivity index (χ0) is 11.0. The quantitative estimate of drug-likeness (QED) is 0.902. The number of halogens is 2. The van der Waals surface area contributed by atoms with Gasteiger partial charge in [0, 0.05) is 0 Å². The van der Waals surface area contributed by atoms with Crippen molar-refractivity contribution in [2.75, 3.05) is 0 Å². The van der Waals surface area contributed by atoms with Crippen LogP contribution in [0.1, 0.15) is 10.5 Å². The van der Waals surface area contributed by atoms with Gasteiger partial charge in [-0.2, -0.15) is 0 Å². The summed E-state index contributed by atoms with van der Waals surface area (Å²) in [6.07, 6.45) is 0. The predicted molar refractivity (Wildman–Crippen MR) is 56.8 cm³/mol. The van der Waals surface area contributed by atoms with Crippen molar-refractivity contribution >= 4 is 40.5 Å². The molecule has 0 amide bonds. The summed E-state index contributed by atoms with van der Waals surface area (Å²) < 4.78 is 5.41. The fraction of sp³-hybridized carbons (Fsp3) is 0. The van der Waals surface area contributed by atoms with Crippen molar-refractivity contribution in [1.29, 1.82) is 0 Å². The molecule has 2 heterocycles. The van der Waals surface area contributed by atoms with Crippen LogP contribution in [0.5, 0.6) is 0 Å². The van der Waals surface area contributed by atoms with Gasteiger partial charge in [-0.1, -0.05) is 28.4 Å². The molecule has 0 spiro atoms. The first-order valence-corrected chi connectivity index (χ1v) is 5.31. The van der Waals surface area contributed by atoms with Crippen molar-refractivity contribution in [3.8, 4) is 10.6 Å². The van der Waals surface area contributed by atoms with E-state index in [9.17, 15) is 4.79 Å². The van der Waals surface area contributed by atoms with Gasteiger partial charge in [0.15, 0.2) is 5.76 Å². The van der Waals surface area contributed by atoms with Crippen LogP contribution in [0.4, 0.5) is 0 Å². The number of nitrogens with zero attached hydrogens (tertiary/aromatic N) is 1. The van der Waals surface area contributed by atoms with Gasteiger partial charge in [0.1, 0.15) is 5.02 Å². The van der Waals surface area contributed by atoms with E-state index in [-0.39, 0.29) is 16.5 Å². The predicted octanol–water partition coefficient (Wildman–Crippen LogP) is 3.41. The molecule has 0 fully saturated rings. The van der Waals surface area contributed by atoms with Crippen LogP contribution in [-0.2, 0) is 0 Å². The second-order valence-electron chi connectivity index (χ2n) is 2.58. The molecule has 2 aromatic rings. The summed E-state index contributed by atoms with van der Waals surface area (Å²) in [4.78, 5) is 11.3. The lowest BCUT2D eigenvalue weighted by molar-refractivity contribution is 0.0686. The van der Waals surface area contributed by atoms with Crippen molar-refractivity contribution in [3.63, 3.8) is 0 Å². The summed E-state index contributed by atoms with van der Waals surface area (Å²) in [5.74, 6) is -0.997. The van der Waals surface area contributed by atoms with E-state index in [0.717, 1.165) is 0 Å². The van der Waals surface area contributed by atoms with E-state index in [4.69, 9.17) is 32.8 Å². The number of hydrogen-bond acceptors (Lipinski definition) is 4. The molecule has 4 nitrogen and oxygen atoms in total. The highest BCUT2D eigenvalue weighted by Crippen LogP contribution is 2.36. The van der Waals surface area contributed by atoms with Crippen LogP contribution in [-0.4, -0.2) is 16.2 Å². The van der Waals surface area contributed by atoms with Crippen LogP contribution in [0, 0.1) is 0 Å². The molecule has 0 atom stereocenters. The number of hydrogen-bond donors (Lipinski definition) is 1. The van der Waals surface area contributed by atoms with Crippen LogP contribution in [0.25, 0.3) is 10.6 Å². The number of rotatable bonds is 2. The Hall–Kier alpha value is -1.04. The van der Waals surface area contributed by atoms with E-state index >= 15 is 0 Å². The standard InChI is InChI=1S/C8H3Cl2NO3S/c9-4-2-1-3(15-4)7-5(10)6(8(12)13)11-14-7/h1-2H,(H,12,13). The molecular formula is C8H3Cl2NO3S. The minimum Gasteiger partial charge on any atom is -0.476 e. The monoisotopic (exact) mass is 263 g/mol. The normalized spacial score (nSPS) is 10.5. The highest BCUT2D eigenvalue weighted by Gasteiger charge is 2.21. The van der Waals surface area contributed by atoms with Crippen molar-refractivity contribution in [1.82, 2.24) is 5.16 Å². The van der Waals surface area contributed by atoms with Crippen molar-refractivity contribution < 1.29 is 14.4 Å². The molecule has 0 saturated carbocycles. The molecule has 0 aromatic carbocycles. The Balaban J connectivity index is 2.50. The zero-order valence-corrected chi connectivity index (χ0v) is 9.36. The van der Waals surface area contributed by atoms with E-state index in [1.807, 2.05) is 0 Å². The van der Waals surface area contributed by atoms with E-state index in [0.29, 0.717) is 9.21 Å². The molecule has 0 aliphatic heterocycles. The number of aromatic nitrogens is 1. The van der Waals surface area contributed by atoms with Gasteiger partial charge < -0.3 is 9.63 Å². The molecule has 7 heteroatoms. The summed E-state index contributed by atoms with van der Waals surface area (Å²) >= 11 is 12.8. The second kappa shape index (κ2) is 3.84. The smallest absolute Gasteiger partial charge is 0.359 e. The van der Waals surface area contributed by atoms with E-state index < -0.39 is 5.97 Å². The van der Waals surface area contributed by atoms with E-state index in [1.54, 1.807) is 12.1 Å². The van der Waals surface area contributed by atoms with Gasteiger partial charge in [-0.05, 0) is 12.1 Å². The molecule has 0 unspecified atom stereocenters. The summed E-state index contributed by atoms with van der Waals surface area (Å²) in [6, 6.07) is 3.35. The number of carboxylic acid groups (broad SMARTS) is 1. The summed E-state index contributed by atoms with van der Waals surface area (Å²) in [7, 11) is 0. The van der Waals surface area contributed by atoms with Crippen LogP contribution in [0.2, 0.25) is 9.36 Å². The van der Waals surface area contributed by atoms with Gasteiger partial charge in [0.25, 0.3) is 0 Å². The number of carbonyl (C=O) groups is 1. The van der Waals surface area contributed by atoms with Gasteiger partial charge in [-0.15, -0.1) is 11.3 Å². The lowest BCUT2D eigenvalue weighted by Gasteiger charge is -1.88. The fourth-order valence-electron chi connectivity index (χ4n) is 1.00. The first-order chi connectivity index (χ1) is 7.09. The van der Waals surface area contributed by atoms with E-state index in [2.05, 4.69) is 5.16 Å². The summed E-state index contributed by atoms with van der Waals surface area (Å²) in [5.41, 5.74) is -0.295. The average Bonchev–Trinajstić information content (AvgIpc) is 2.71. The number of aromatic carboxylic acids is 1. The van der Waals surface area contributed by atoms with Gasteiger partial charge in [-0.25, -0.2) is 4.79 Å². The van der Waals surface area contributed by atoms with Gasteiger partial charge in [-0.3, -0.25) is 0 Å². The molecule has 0 bridgehead atoms. The van der Waals surface area contributed by atoms with Crippen LogP contribution in [0.15, 0.2) is 16.7 Å². The Morgan fingerprint density at radius 3 is 2.67 bits per heavy atom. The Kier molecular flexibility index (Phi) is 2.68. The summed E-state index contributed by atoms with van der Waals surface area (Å²) in [5, 5.41) is 12.0. The largest absolute Gasteiger partial charge is 0.476 e. The third kappa shape index (κ3) is 1.86. The highest BCUT2D eigenvalue weighted by molar-refractivity contribution is 7.19. The minimum atomic E-state index is -1.22. The molecule has 78 valence electrons. The molecule has 0 aliphatic rings. The Morgan fingerprint density at radius 2 is 2.20 bits per heavy atom. The Morgan fingerprint density at radius 1 is 1.47 bits per heavy atom. The molecule has 1 N–H and O–H groups in total. The molecule has 2 aromatic heterocycles. The second-order valence-corrected chi connectivity index (χ2v) is 4.68. The number of thiophene rings is 1. The third-order valence-electron chi connectivity index (χ3n) is 1.64. The van der Waals surface area contributed by atoms with Gasteiger partial charge in [0.05, 0.1) is 9.21 Å². The maximum atomic E-state index is 10.6. The van der Waals surface area contributed by atoms with Crippen molar-refractivity contribution in [2.24, 2.45) is 0 Å². The maximum Gasteiger partial charge on any atom is 0.359 e. The lowest BCUT2D eigenvalue weighted by Crippen LogP contribution is -1.96. The zero-order valence-electron chi connectivity index (χ0n) is 7.03. The minimum absolute atomic E-state index is 0.0129. The first-order valence-electron chi connectivity index (χ1n) is 3.73. The Bertz CT molecular complexity index is 520. The third-order valence-corrected chi connectivity index (χ3v) is 3.22. The summed E-state index contributed by atoms with van der Waals surface area (Å²) in [6.45, 7) is 0. The van der Waals surface area contributed by atoms with Gasteiger partial charge in [0.2, 0.25) is 5.69 Å². The SMILES string of the molecule is O=C(O)c1noc(-c2ccc(Cl)s2)c1Cl. The molecule has 15 heavy (non-hydrogen) atoms. The molecule has 0 aliphatic carbocycles. The molecular weight excluding hydrogens is 261 g/mol. The highest BCUT2D eigenvalue weighted by atomic mass is 35.5. The first kappa shape index (κ1) is 10.5. The number of carboxylic acids is 1. The Labute approximate surface area is 98.0 Å². The van der Waals surface area contributed by atoms with Crippen molar-refractivity contribution in [3.05, 3.63) is 27.2 Å². The lowest BCUT2D eigenvalue weighted by atomic mass is 10.3.